The molecule has 6 heteroatoms. The highest BCUT2D eigenvalue weighted by molar-refractivity contribution is 8.00. The molecule has 2 unspecified atom stereocenters. The Bertz CT molecular complexity index is 562. The number of aromatic nitrogens is 2. The number of nitrogens with zero attached hydrogens (tertiary/aromatic N) is 1. The number of carbonyl (C=O) groups is 1. The fourth-order valence-corrected chi connectivity index (χ4v) is 2.75. The number of H-pyrrole nitrogens is 1. The van der Waals surface area contributed by atoms with Gasteiger partial charge >= 0.3 is 0 Å². The van der Waals surface area contributed by atoms with E-state index in [0.29, 0.717) is 5.75 Å². The molecule has 0 spiro atoms. The van der Waals surface area contributed by atoms with Crippen molar-refractivity contribution >= 4 is 28.7 Å². The normalized spacial score (nSPS) is 14.0. The van der Waals surface area contributed by atoms with Crippen molar-refractivity contribution < 1.29 is 9.90 Å². The van der Waals surface area contributed by atoms with Gasteiger partial charge in [-0.05, 0) is 25.5 Å². The van der Waals surface area contributed by atoms with Crippen LogP contribution in [-0.2, 0) is 4.79 Å². The van der Waals surface area contributed by atoms with Crippen molar-refractivity contribution in [2.24, 2.45) is 0 Å². The molecule has 21 heavy (non-hydrogen) atoms. The number of hydrogen-bond donors (Lipinski definition) is 3. The average molecular weight is 307 g/mol. The van der Waals surface area contributed by atoms with E-state index in [1.807, 2.05) is 38.1 Å². The number of aliphatic hydroxyl groups excluding tert-OH is 1. The summed E-state index contributed by atoms with van der Waals surface area (Å²) in [6.45, 7) is 3.94. The average Bonchev–Trinajstić information content (AvgIpc) is 2.94. The lowest BCUT2D eigenvalue weighted by molar-refractivity contribution is -0.119. The number of para-hydroxylation sites is 2. The second-order valence-electron chi connectivity index (χ2n) is 4.95. The molecule has 0 aliphatic heterocycles. The van der Waals surface area contributed by atoms with E-state index >= 15 is 0 Å². The minimum Gasteiger partial charge on any atom is -0.394 e. The van der Waals surface area contributed by atoms with Crippen molar-refractivity contribution in [3.8, 4) is 0 Å². The summed E-state index contributed by atoms with van der Waals surface area (Å²) in [6.07, 6.45) is 0.728. The SMILES string of the molecule is CCC(CO)NC(=O)CSC(C)c1nc2ccccc2[nH]1. The van der Waals surface area contributed by atoms with Crippen LogP contribution in [0.5, 0.6) is 0 Å². The fourth-order valence-electron chi connectivity index (χ4n) is 1.99. The van der Waals surface area contributed by atoms with Crippen LogP contribution in [0.15, 0.2) is 24.3 Å². The Balaban J connectivity index is 1.89. The molecule has 114 valence electrons. The van der Waals surface area contributed by atoms with E-state index < -0.39 is 0 Å². The van der Waals surface area contributed by atoms with E-state index in [4.69, 9.17) is 5.11 Å². The minimum absolute atomic E-state index is 0.0218. The Kier molecular flexibility index (Phi) is 5.64. The third kappa shape index (κ3) is 4.22. The molecule has 0 aliphatic carbocycles. The van der Waals surface area contributed by atoms with Gasteiger partial charge in [-0.15, -0.1) is 11.8 Å². The van der Waals surface area contributed by atoms with Crippen LogP contribution in [0.3, 0.4) is 0 Å². The van der Waals surface area contributed by atoms with Gasteiger partial charge < -0.3 is 15.4 Å². The number of nitrogens with one attached hydrogen (secondary N) is 2. The number of hydrogen-bond acceptors (Lipinski definition) is 4. The molecule has 0 bridgehead atoms. The summed E-state index contributed by atoms with van der Waals surface area (Å²) in [4.78, 5) is 19.6. The minimum atomic E-state index is -0.153. The number of thioether (sulfide) groups is 1. The number of carbonyl (C=O) groups excluding carboxylic acids is 1. The standard InChI is InChI=1S/C15H21N3O2S/c1-3-11(8-19)16-14(20)9-21-10(2)15-17-12-6-4-5-7-13(12)18-15/h4-7,10-11,19H,3,8-9H2,1-2H3,(H,16,20)(H,17,18). The molecular weight excluding hydrogens is 286 g/mol. The molecule has 5 nitrogen and oxygen atoms in total. The lowest BCUT2D eigenvalue weighted by Gasteiger charge is -2.14. The van der Waals surface area contributed by atoms with Crippen molar-refractivity contribution in [3.63, 3.8) is 0 Å². The van der Waals surface area contributed by atoms with Crippen molar-refractivity contribution in [3.05, 3.63) is 30.1 Å². The van der Waals surface area contributed by atoms with Crippen molar-refractivity contribution in [1.29, 1.82) is 0 Å². The molecule has 0 saturated heterocycles. The molecule has 1 aromatic carbocycles. The van der Waals surface area contributed by atoms with Crippen LogP contribution in [-0.4, -0.2) is 39.4 Å². The largest absolute Gasteiger partial charge is 0.394 e. The number of fused-ring (bicyclic) bond motifs is 1. The molecule has 0 saturated carbocycles. The summed E-state index contributed by atoms with van der Waals surface area (Å²) in [6, 6.07) is 7.72. The third-order valence-electron chi connectivity index (χ3n) is 3.34. The topological polar surface area (TPSA) is 78.0 Å². The van der Waals surface area contributed by atoms with Gasteiger partial charge in [0.15, 0.2) is 0 Å². The van der Waals surface area contributed by atoms with Crippen LogP contribution < -0.4 is 5.32 Å². The maximum Gasteiger partial charge on any atom is 0.230 e. The van der Waals surface area contributed by atoms with Crippen LogP contribution in [0.4, 0.5) is 0 Å². The third-order valence-corrected chi connectivity index (χ3v) is 4.49. The first-order valence-electron chi connectivity index (χ1n) is 7.10. The zero-order chi connectivity index (χ0) is 15.2. The second-order valence-corrected chi connectivity index (χ2v) is 6.28. The maximum absolute atomic E-state index is 11.8. The molecule has 3 N–H and O–H groups in total. The zero-order valence-electron chi connectivity index (χ0n) is 12.3. The number of amides is 1. The fraction of sp³-hybridized carbons (Fsp3) is 0.467. The molecule has 2 rings (SSSR count). The van der Waals surface area contributed by atoms with Crippen LogP contribution >= 0.6 is 11.8 Å². The Labute approximate surface area is 128 Å². The molecule has 0 fully saturated rings. The highest BCUT2D eigenvalue weighted by Gasteiger charge is 2.14. The summed E-state index contributed by atoms with van der Waals surface area (Å²) in [5, 5.41) is 12.0. The van der Waals surface area contributed by atoms with Gasteiger partial charge in [-0.3, -0.25) is 4.79 Å². The molecule has 1 heterocycles. The Morgan fingerprint density at radius 3 is 2.90 bits per heavy atom. The van der Waals surface area contributed by atoms with Gasteiger partial charge in [-0.25, -0.2) is 4.98 Å². The van der Waals surface area contributed by atoms with Gasteiger partial charge in [0, 0.05) is 0 Å². The number of benzene rings is 1. The van der Waals surface area contributed by atoms with Crippen LogP contribution in [0, 0.1) is 0 Å². The van der Waals surface area contributed by atoms with Gasteiger partial charge in [0.1, 0.15) is 5.82 Å². The van der Waals surface area contributed by atoms with E-state index in [2.05, 4.69) is 15.3 Å². The Morgan fingerprint density at radius 2 is 2.24 bits per heavy atom. The van der Waals surface area contributed by atoms with E-state index in [1.165, 1.54) is 11.8 Å². The van der Waals surface area contributed by atoms with Crippen molar-refractivity contribution in [2.45, 2.75) is 31.6 Å². The molecule has 1 aromatic heterocycles. The van der Waals surface area contributed by atoms with E-state index in [0.717, 1.165) is 23.3 Å². The zero-order valence-corrected chi connectivity index (χ0v) is 13.1. The molecule has 2 atom stereocenters. The second kappa shape index (κ2) is 7.47. The Hall–Kier alpha value is -1.53. The van der Waals surface area contributed by atoms with E-state index in [1.54, 1.807) is 0 Å². The van der Waals surface area contributed by atoms with Gasteiger partial charge in [0.25, 0.3) is 0 Å². The first-order chi connectivity index (χ1) is 10.1. The number of rotatable bonds is 7. The van der Waals surface area contributed by atoms with Crippen molar-refractivity contribution in [2.75, 3.05) is 12.4 Å². The van der Waals surface area contributed by atoms with Gasteiger partial charge in [0.05, 0.1) is 34.7 Å². The number of imidazole rings is 1. The van der Waals surface area contributed by atoms with Gasteiger partial charge in [-0.1, -0.05) is 19.1 Å². The lowest BCUT2D eigenvalue weighted by atomic mass is 10.2. The number of aliphatic hydroxyl groups is 1. The van der Waals surface area contributed by atoms with Crippen molar-refractivity contribution in [1.82, 2.24) is 15.3 Å². The first kappa shape index (κ1) is 15.9. The van der Waals surface area contributed by atoms with Gasteiger partial charge in [0.2, 0.25) is 5.91 Å². The quantitative estimate of drug-likeness (QED) is 0.733. The summed E-state index contributed by atoms with van der Waals surface area (Å²) in [5.41, 5.74) is 1.95. The first-order valence-corrected chi connectivity index (χ1v) is 8.15. The molecule has 0 radical (unpaired) electrons. The van der Waals surface area contributed by atoms with E-state index in [-0.39, 0.29) is 23.8 Å². The van der Waals surface area contributed by atoms with E-state index in [9.17, 15) is 4.79 Å². The van der Waals surface area contributed by atoms with Crippen LogP contribution in [0.1, 0.15) is 31.3 Å². The lowest BCUT2D eigenvalue weighted by Crippen LogP contribution is -2.38. The monoisotopic (exact) mass is 307 g/mol. The highest BCUT2D eigenvalue weighted by atomic mass is 32.2. The highest BCUT2D eigenvalue weighted by Crippen LogP contribution is 2.27. The summed E-state index contributed by atoms with van der Waals surface area (Å²) < 4.78 is 0. The molecule has 1 amide bonds. The predicted octanol–water partition coefficient (Wildman–Crippen LogP) is 2.24. The maximum atomic E-state index is 11.8. The molecular formula is C15H21N3O2S. The Morgan fingerprint density at radius 1 is 1.48 bits per heavy atom. The predicted molar refractivity (Wildman–Crippen MR) is 86.3 cm³/mol. The molecule has 0 aliphatic rings. The number of aromatic amines is 1. The summed E-state index contributed by atoms with van der Waals surface area (Å²) in [7, 11) is 0. The summed E-state index contributed by atoms with van der Waals surface area (Å²) in [5.74, 6) is 1.18. The van der Waals surface area contributed by atoms with Crippen LogP contribution in [0.25, 0.3) is 11.0 Å². The smallest absolute Gasteiger partial charge is 0.230 e. The van der Waals surface area contributed by atoms with Crippen LogP contribution in [0.2, 0.25) is 0 Å². The van der Waals surface area contributed by atoms with Gasteiger partial charge in [-0.2, -0.15) is 0 Å². The molecule has 2 aromatic rings. The summed E-state index contributed by atoms with van der Waals surface area (Å²) >= 11 is 1.53.